The van der Waals surface area contributed by atoms with E-state index < -0.39 is 23.8 Å². The number of imide groups is 2. The summed E-state index contributed by atoms with van der Waals surface area (Å²) in [6.45, 7) is 9.07. The number of amides is 4. The maximum Gasteiger partial charge on any atom is 0.262 e. The van der Waals surface area contributed by atoms with Crippen LogP contribution in [0, 0.1) is 5.41 Å². The highest BCUT2D eigenvalue weighted by Crippen LogP contribution is 2.43. The van der Waals surface area contributed by atoms with Gasteiger partial charge in [0.25, 0.3) is 11.8 Å². The highest BCUT2D eigenvalue weighted by Gasteiger charge is 2.45. The first-order valence-corrected chi connectivity index (χ1v) is 16.2. The van der Waals surface area contributed by atoms with E-state index in [1.54, 1.807) is 6.07 Å². The molecule has 7 rings (SSSR count). The highest BCUT2D eigenvalue weighted by atomic mass is 35.5. The van der Waals surface area contributed by atoms with Gasteiger partial charge in [0.1, 0.15) is 6.04 Å². The molecule has 1 unspecified atom stereocenters. The van der Waals surface area contributed by atoms with E-state index in [0.717, 1.165) is 49.2 Å². The lowest BCUT2D eigenvalue weighted by molar-refractivity contribution is -0.136. The van der Waals surface area contributed by atoms with Gasteiger partial charge in [0.05, 0.1) is 11.1 Å². The van der Waals surface area contributed by atoms with Crippen LogP contribution >= 0.6 is 12.4 Å². The number of hydrogen-bond donors (Lipinski definition) is 2. The Labute approximate surface area is 260 Å². The van der Waals surface area contributed by atoms with Crippen molar-refractivity contribution in [3.05, 3.63) is 29.3 Å². The molecular weight excluding hydrogens is 568 g/mol. The van der Waals surface area contributed by atoms with Gasteiger partial charge in [-0.1, -0.05) is 0 Å². The van der Waals surface area contributed by atoms with Crippen molar-refractivity contribution in [3.63, 3.8) is 0 Å². The van der Waals surface area contributed by atoms with Gasteiger partial charge in [-0.2, -0.15) is 0 Å². The Morgan fingerprint density at radius 2 is 1.42 bits per heavy atom. The van der Waals surface area contributed by atoms with E-state index >= 15 is 0 Å². The Bertz CT molecular complexity index is 1250. The van der Waals surface area contributed by atoms with E-state index in [9.17, 15) is 19.2 Å². The second-order valence-corrected chi connectivity index (χ2v) is 13.5. The second kappa shape index (κ2) is 12.5. The van der Waals surface area contributed by atoms with E-state index in [4.69, 9.17) is 0 Å². The molecule has 1 aromatic rings. The molecule has 10 nitrogen and oxygen atoms in total. The number of carbonyl (C=O) groups excluding carboxylic acids is 4. The zero-order valence-corrected chi connectivity index (χ0v) is 25.8. The van der Waals surface area contributed by atoms with E-state index in [0.29, 0.717) is 22.6 Å². The molecule has 0 aliphatic carbocycles. The minimum atomic E-state index is -0.932. The highest BCUT2D eigenvalue weighted by molar-refractivity contribution is 6.23. The van der Waals surface area contributed by atoms with E-state index in [1.807, 2.05) is 12.1 Å². The molecule has 6 aliphatic rings. The number of nitrogens with one attached hydrogen (secondary N) is 2. The fourth-order valence-electron chi connectivity index (χ4n) is 8.64. The summed E-state index contributed by atoms with van der Waals surface area (Å²) in [6.07, 6.45) is 10.3. The molecule has 6 aliphatic heterocycles. The van der Waals surface area contributed by atoms with Crippen LogP contribution in [-0.4, -0.2) is 109 Å². The summed E-state index contributed by atoms with van der Waals surface area (Å²) in [4.78, 5) is 59.5. The number of fused-ring (bicyclic) bond motifs is 1. The lowest BCUT2D eigenvalue weighted by atomic mass is 9.72. The van der Waals surface area contributed by atoms with Crippen LogP contribution in [0.15, 0.2) is 18.2 Å². The van der Waals surface area contributed by atoms with Gasteiger partial charge < -0.3 is 20.0 Å². The van der Waals surface area contributed by atoms with Crippen LogP contribution in [0.2, 0.25) is 0 Å². The number of halogens is 1. The van der Waals surface area contributed by atoms with Gasteiger partial charge in [0.15, 0.2) is 0 Å². The van der Waals surface area contributed by atoms with Crippen LogP contribution in [0.3, 0.4) is 0 Å². The Morgan fingerprint density at radius 3 is 2.14 bits per heavy atom. The minimum absolute atomic E-state index is 0. The van der Waals surface area contributed by atoms with Gasteiger partial charge in [-0.15, -0.1) is 12.4 Å². The fraction of sp³-hybridized carbons (Fsp3) is 0.688. The molecule has 5 fully saturated rings. The SMILES string of the molecule is Cl.O=C1CCC(N2C(=O)c3ccc(N4CCCC5(CCN(C6CCN(C7CCNCC7)CC6)CC5)C4)cc3C2=O)C(=O)N1. The summed E-state index contributed by atoms with van der Waals surface area (Å²) in [5, 5.41) is 5.77. The van der Waals surface area contributed by atoms with Gasteiger partial charge in [-0.3, -0.25) is 29.4 Å². The van der Waals surface area contributed by atoms with E-state index in [2.05, 4.69) is 25.3 Å². The lowest BCUT2D eigenvalue weighted by Crippen LogP contribution is -2.54. The van der Waals surface area contributed by atoms with Crippen molar-refractivity contribution in [3.8, 4) is 0 Å². The number of likely N-dealkylation sites (tertiary alicyclic amines) is 2. The zero-order valence-electron chi connectivity index (χ0n) is 25.0. The summed E-state index contributed by atoms with van der Waals surface area (Å²) < 4.78 is 0. The molecule has 11 heteroatoms. The molecule has 1 atom stereocenters. The second-order valence-electron chi connectivity index (χ2n) is 13.5. The van der Waals surface area contributed by atoms with Crippen molar-refractivity contribution < 1.29 is 19.2 Å². The smallest absolute Gasteiger partial charge is 0.262 e. The van der Waals surface area contributed by atoms with Crippen LogP contribution in [-0.2, 0) is 9.59 Å². The molecule has 5 saturated heterocycles. The topological polar surface area (TPSA) is 105 Å². The van der Waals surface area contributed by atoms with Gasteiger partial charge in [-0.05, 0) is 121 Å². The Morgan fingerprint density at radius 1 is 0.744 bits per heavy atom. The van der Waals surface area contributed by atoms with Gasteiger partial charge in [0.2, 0.25) is 11.8 Å². The van der Waals surface area contributed by atoms with Crippen molar-refractivity contribution in [2.45, 2.75) is 82.3 Å². The van der Waals surface area contributed by atoms with Crippen LogP contribution in [0.25, 0.3) is 0 Å². The number of rotatable bonds is 4. The first-order chi connectivity index (χ1) is 20.4. The van der Waals surface area contributed by atoms with E-state index in [1.165, 1.54) is 71.1 Å². The summed E-state index contributed by atoms with van der Waals surface area (Å²) in [6, 6.07) is 6.12. The van der Waals surface area contributed by atoms with Crippen molar-refractivity contribution in [1.29, 1.82) is 0 Å². The molecule has 43 heavy (non-hydrogen) atoms. The lowest BCUT2D eigenvalue weighted by Gasteiger charge is -2.51. The van der Waals surface area contributed by atoms with Gasteiger partial charge in [-0.25, -0.2) is 0 Å². The normalized spacial score (nSPS) is 27.8. The van der Waals surface area contributed by atoms with Gasteiger partial charge >= 0.3 is 0 Å². The molecule has 2 N–H and O–H groups in total. The third kappa shape index (κ3) is 5.83. The molecule has 0 saturated carbocycles. The summed E-state index contributed by atoms with van der Waals surface area (Å²) in [7, 11) is 0. The molecular formula is C32H45ClN6O4. The molecule has 6 heterocycles. The average molecular weight is 613 g/mol. The van der Waals surface area contributed by atoms with Gasteiger partial charge in [0, 0.05) is 37.3 Å². The first-order valence-electron chi connectivity index (χ1n) is 16.2. The number of carbonyl (C=O) groups is 4. The molecule has 1 spiro atoms. The summed E-state index contributed by atoms with van der Waals surface area (Å²) >= 11 is 0. The summed E-state index contributed by atoms with van der Waals surface area (Å²) in [5.74, 6) is -1.81. The largest absolute Gasteiger partial charge is 0.371 e. The quantitative estimate of drug-likeness (QED) is 0.500. The third-order valence-electron chi connectivity index (χ3n) is 11.1. The standard InChI is InChI=1S/C32H44N6O4.ClH/c39-28-5-4-27(29(40)34-28)38-30(41)25-3-2-24(20-26(25)31(38)42)37-15-1-10-32(21-37)11-18-36(19-12-32)23-8-16-35(17-9-23)22-6-13-33-14-7-22;/h2-3,20,22-23,27,33H,1,4-19,21H2,(H,34,39,40);1H. The number of benzene rings is 1. The number of piperidine rings is 5. The van der Waals surface area contributed by atoms with Crippen molar-refractivity contribution in [2.75, 3.05) is 57.3 Å². The van der Waals surface area contributed by atoms with Crippen LogP contribution in [0.4, 0.5) is 5.69 Å². The molecule has 0 radical (unpaired) electrons. The molecule has 0 aromatic heterocycles. The van der Waals surface area contributed by atoms with Crippen molar-refractivity contribution in [2.24, 2.45) is 5.41 Å². The monoisotopic (exact) mass is 612 g/mol. The summed E-state index contributed by atoms with van der Waals surface area (Å²) in [5.41, 5.74) is 1.99. The number of hydrogen-bond acceptors (Lipinski definition) is 8. The Hall–Kier alpha value is -2.53. The third-order valence-corrected chi connectivity index (χ3v) is 11.1. The van der Waals surface area contributed by atoms with E-state index in [-0.39, 0.29) is 31.2 Å². The molecule has 4 amide bonds. The molecule has 234 valence electrons. The zero-order chi connectivity index (χ0) is 28.8. The van der Waals surface area contributed by atoms with Crippen LogP contribution < -0.4 is 15.5 Å². The van der Waals surface area contributed by atoms with Crippen LogP contribution in [0.5, 0.6) is 0 Å². The molecule has 1 aromatic carbocycles. The number of anilines is 1. The average Bonchev–Trinajstić information content (AvgIpc) is 3.27. The Balaban J connectivity index is 0.00000329. The van der Waals surface area contributed by atoms with Crippen LogP contribution in [0.1, 0.15) is 84.9 Å². The van der Waals surface area contributed by atoms with Crippen molar-refractivity contribution in [1.82, 2.24) is 25.3 Å². The Kier molecular flexibility index (Phi) is 8.84. The first kappa shape index (κ1) is 30.5. The fourth-order valence-corrected chi connectivity index (χ4v) is 8.64. The number of nitrogens with zero attached hydrogens (tertiary/aromatic N) is 4. The molecule has 0 bridgehead atoms. The minimum Gasteiger partial charge on any atom is -0.371 e. The maximum atomic E-state index is 13.4. The maximum absolute atomic E-state index is 13.4. The van der Waals surface area contributed by atoms with Crippen molar-refractivity contribution >= 4 is 41.7 Å². The predicted octanol–water partition coefficient (Wildman–Crippen LogP) is 2.41. The predicted molar refractivity (Wildman–Crippen MR) is 166 cm³/mol.